The highest BCUT2D eigenvalue weighted by Crippen LogP contribution is 2.13. The smallest absolute Gasteiger partial charge is 0.224 e. The number of amides is 1. The van der Waals surface area contributed by atoms with Gasteiger partial charge in [-0.1, -0.05) is 38.1 Å². The topological polar surface area (TPSA) is 54.9 Å². The Hall–Kier alpha value is -2.75. The molecule has 0 atom stereocenters. The minimum absolute atomic E-state index is 0.128. The molecule has 0 spiro atoms. The minimum Gasteiger partial charge on any atom is -0.352 e. The van der Waals surface area contributed by atoms with Crippen LogP contribution >= 0.6 is 0 Å². The molecule has 4 heteroatoms. The van der Waals surface area contributed by atoms with Crippen molar-refractivity contribution < 1.29 is 4.79 Å². The van der Waals surface area contributed by atoms with Crippen LogP contribution in [-0.2, 0) is 17.8 Å². The number of aromatic nitrogens is 2. The third-order valence-corrected chi connectivity index (χ3v) is 3.71. The van der Waals surface area contributed by atoms with E-state index in [1.165, 1.54) is 10.9 Å². The van der Waals surface area contributed by atoms with Gasteiger partial charge in [0.05, 0.1) is 6.42 Å². The summed E-state index contributed by atoms with van der Waals surface area (Å²) in [6.45, 7) is 6.69. The normalized spacial score (nSPS) is 12.0. The molecule has 1 aromatic carbocycles. The second-order valence-corrected chi connectivity index (χ2v) is 5.22. The lowest BCUT2D eigenvalue weighted by molar-refractivity contribution is -0.121. The van der Waals surface area contributed by atoms with E-state index in [-0.39, 0.29) is 5.91 Å². The van der Waals surface area contributed by atoms with Crippen LogP contribution in [0.5, 0.6) is 0 Å². The van der Waals surface area contributed by atoms with Crippen molar-refractivity contribution >= 4 is 16.7 Å². The Morgan fingerprint density at radius 1 is 1.00 bits per heavy atom. The van der Waals surface area contributed by atoms with E-state index < -0.39 is 0 Å². The minimum atomic E-state index is 0.128. The Balaban J connectivity index is 0.000000158. The molecule has 3 aromatic rings. The molecule has 124 valence electrons. The summed E-state index contributed by atoms with van der Waals surface area (Å²) in [4.78, 5) is 19.1. The van der Waals surface area contributed by atoms with Crippen LogP contribution in [0.4, 0.5) is 0 Å². The van der Waals surface area contributed by atoms with Crippen LogP contribution in [0.3, 0.4) is 0 Å². The molecule has 0 aliphatic carbocycles. The molecule has 0 radical (unpaired) electrons. The van der Waals surface area contributed by atoms with Gasteiger partial charge in [0.2, 0.25) is 5.91 Å². The molecule has 0 bridgehead atoms. The van der Waals surface area contributed by atoms with Crippen molar-refractivity contribution in [3.05, 3.63) is 71.8 Å². The number of hydrogen-bond acceptors (Lipinski definition) is 3. The molecule has 1 aliphatic rings. The second-order valence-electron chi connectivity index (χ2n) is 5.22. The maximum absolute atomic E-state index is 10.9. The van der Waals surface area contributed by atoms with E-state index in [2.05, 4.69) is 21.4 Å². The summed E-state index contributed by atoms with van der Waals surface area (Å²) >= 11 is 0. The number of nitrogens with zero attached hydrogens (tertiary/aromatic N) is 2. The van der Waals surface area contributed by atoms with Gasteiger partial charge in [-0.05, 0) is 30.2 Å². The fourth-order valence-electron chi connectivity index (χ4n) is 2.50. The number of nitrogens with one attached hydrogen (secondary N) is 1. The van der Waals surface area contributed by atoms with Crippen molar-refractivity contribution in [2.75, 3.05) is 0 Å². The van der Waals surface area contributed by atoms with Crippen molar-refractivity contribution in [3.8, 4) is 0 Å². The lowest BCUT2D eigenvalue weighted by atomic mass is 10.0. The molecule has 1 aliphatic heterocycles. The lowest BCUT2D eigenvalue weighted by Crippen LogP contribution is -2.29. The molecule has 24 heavy (non-hydrogen) atoms. The Morgan fingerprint density at radius 2 is 1.75 bits per heavy atom. The van der Waals surface area contributed by atoms with Gasteiger partial charge in [-0.15, -0.1) is 0 Å². The molecule has 4 nitrogen and oxygen atoms in total. The standard InChI is InChI=1S/C9H8N2.C9H9NO.C2H6/c1-7-9-3-4-10-6-8(9)2-5-11-7;11-9-5-7-3-1-2-4-8(7)6-10-9;1-2/h2-6H,1H3;1-4H,5-6H2,(H,10,11);1-2H3. The van der Waals surface area contributed by atoms with Gasteiger partial charge < -0.3 is 5.32 Å². The summed E-state index contributed by atoms with van der Waals surface area (Å²) in [6, 6.07) is 12.0. The molecular formula is C20H23N3O. The Bertz CT molecular complexity index is 809. The highest BCUT2D eigenvalue weighted by Gasteiger charge is 2.12. The fraction of sp³-hybridized carbons (Fsp3) is 0.250. The summed E-state index contributed by atoms with van der Waals surface area (Å²) < 4.78 is 0. The van der Waals surface area contributed by atoms with E-state index in [4.69, 9.17) is 0 Å². The summed E-state index contributed by atoms with van der Waals surface area (Å²) in [5.41, 5.74) is 3.47. The van der Waals surface area contributed by atoms with Crippen molar-refractivity contribution in [1.82, 2.24) is 15.3 Å². The highest BCUT2D eigenvalue weighted by atomic mass is 16.1. The number of carbonyl (C=O) groups is 1. The molecule has 0 saturated heterocycles. The third-order valence-electron chi connectivity index (χ3n) is 3.71. The molecule has 4 rings (SSSR count). The Labute approximate surface area is 143 Å². The summed E-state index contributed by atoms with van der Waals surface area (Å²) in [5, 5.41) is 5.13. The van der Waals surface area contributed by atoms with E-state index >= 15 is 0 Å². The van der Waals surface area contributed by atoms with E-state index in [0.717, 1.165) is 16.6 Å². The van der Waals surface area contributed by atoms with Crippen LogP contribution in [-0.4, -0.2) is 15.9 Å². The van der Waals surface area contributed by atoms with Crippen molar-refractivity contribution in [3.63, 3.8) is 0 Å². The molecule has 0 fully saturated rings. The number of hydrogen-bond donors (Lipinski definition) is 1. The number of aryl methyl sites for hydroxylation is 1. The van der Waals surface area contributed by atoms with Crippen molar-refractivity contribution in [2.45, 2.75) is 33.7 Å². The van der Waals surface area contributed by atoms with Crippen LogP contribution in [0.1, 0.15) is 30.7 Å². The van der Waals surface area contributed by atoms with Crippen molar-refractivity contribution in [2.24, 2.45) is 0 Å². The molecule has 3 heterocycles. The van der Waals surface area contributed by atoms with Crippen LogP contribution < -0.4 is 5.32 Å². The zero-order chi connectivity index (χ0) is 17.4. The van der Waals surface area contributed by atoms with Crippen LogP contribution in [0.15, 0.2) is 55.0 Å². The first kappa shape index (κ1) is 17.6. The van der Waals surface area contributed by atoms with Crippen LogP contribution in [0, 0.1) is 6.92 Å². The Morgan fingerprint density at radius 3 is 2.50 bits per heavy atom. The van der Waals surface area contributed by atoms with Gasteiger partial charge in [-0.25, -0.2) is 0 Å². The van der Waals surface area contributed by atoms with Crippen molar-refractivity contribution in [1.29, 1.82) is 0 Å². The van der Waals surface area contributed by atoms with Gasteiger partial charge in [-0.2, -0.15) is 0 Å². The van der Waals surface area contributed by atoms with Gasteiger partial charge in [0.1, 0.15) is 0 Å². The molecule has 1 amide bonds. The molecular weight excluding hydrogens is 298 g/mol. The van der Waals surface area contributed by atoms with Gasteiger partial charge >= 0.3 is 0 Å². The van der Waals surface area contributed by atoms with Crippen LogP contribution in [0.25, 0.3) is 10.8 Å². The number of benzene rings is 1. The van der Waals surface area contributed by atoms with Crippen LogP contribution in [0.2, 0.25) is 0 Å². The summed E-state index contributed by atoms with van der Waals surface area (Å²) in [5.74, 6) is 0.128. The summed E-state index contributed by atoms with van der Waals surface area (Å²) in [6.07, 6.45) is 5.98. The molecule has 0 unspecified atom stereocenters. The molecule has 2 aromatic heterocycles. The SMILES string of the molecule is CC.Cc1nccc2cnccc12.O=C1Cc2ccccc2CN1. The zero-order valence-corrected chi connectivity index (χ0v) is 14.4. The van der Waals surface area contributed by atoms with E-state index in [9.17, 15) is 4.79 Å². The third kappa shape index (κ3) is 4.38. The maximum Gasteiger partial charge on any atom is 0.224 e. The fourth-order valence-corrected chi connectivity index (χ4v) is 2.50. The average Bonchev–Trinajstić information content (AvgIpc) is 2.64. The van der Waals surface area contributed by atoms with Gasteiger partial charge in [0, 0.05) is 41.6 Å². The van der Waals surface area contributed by atoms with Gasteiger partial charge in [0.25, 0.3) is 0 Å². The quantitative estimate of drug-likeness (QED) is 0.685. The number of rotatable bonds is 0. The van der Waals surface area contributed by atoms with Gasteiger partial charge in [-0.3, -0.25) is 14.8 Å². The first-order valence-corrected chi connectivity index (χ1v) is 8.23. The predicted octanol–water partition coefficient (Wildman–Crippen LogP) is 3.82. The molecule has 1 N–H and O–H groups in total. The first-order chi connectivity index (χ1) is 11.7. The van der Waals surface area contributed by atoms with E-state index in [1.807, 2.05) is 57.3 Å². The second kappa shape index (κ2) is 8.77. The highest BCUT2D eigenvalue weighted by molar-refractivity contribution is 5.83. The number of carbonyl (C=O) groups excluding carboxylic acids is 1. The zero-order valence-electron chi connectivity index (χ0n) is 14.4. The first-order valence-electron chi connectivity index (χ1n) is 8.23. The number of pyridine rings is 2. The van der Waals surface area contributed by atoms with E-state index in [0.29, 0.717) is 13.0 Å². The Kier molecular flexibility index (Phi) is 6.43. The monoisotopic (exact) mass is 321 g/mol. The average molecular weight is 321 g/mol. The number of fused-ring (bicyclic) bond motifs is 2. The maximum atomic E-state index is 10.9. The van der Waals surface area contributed by atoms with Gasteiger partial charge in [0.15, 0.2) is 0 Å². The summed E-state index contributed by atoms with van der Waals surface area (Å²) in [7, 11) is 0. The predicted molar refractivity (Wildman–Crippen MR) is 97.6 cm³/mol. The molecule has 0 saturated carbocycles. The largest absolute Gasteiger partial charge is 0.352 e. The lowest BCUT2D eigenvalue weighted by Gasteiger charge is -2.15. The van der Waals surface area contributed by atoms with E-state index in [1.54, 1.807) is 12.4 Å².